The van der Waals surface area contributed by atoms with Crippen LogP contribution in [0.2, 0.25) is 0 Å². The van der Waals surface area contributed by atoms with Crippen molar-refractivity contribution in [3.63, 3.8) is 0 Å². The average Bonchev–Trinajstić information content (AvgIpc) is 3.02. The quantitative estimate of drug-likeness (QED) is 0.820. The highest BCUT2D eigenvalue weighted by Crippen LogP contribution is 2.38. The van der Waals surface area contributed by atoms with Crippen LogP contribution in [0.25, 0.3) is 0 Å². The van der Waals surface area contributed by atoms with Crippen molar-refractivity contribution in [2.24, 2.45) is 11.8 Å². The molecule has 0 aliphatic heterocycles. The minimum absolute atomic E-state index is 0.849. The van der Waals surface area contributed by atoms with E-state index in [1.54, 1.807) is 6.33 Å². The standard InChI is InChI=1S/C13H22N4/c1-4-5-14-12-7-13(16-9-15-12)17(3)8-11-6-10(11)2/h7,9-11H,4-6,8H2,1-3H3,(H,14,15,16). The highest BCUT2D eigenvalue weighted by Gasteiger charge is 2.33. The van der Waals surface area contributed by atoms with Crippen LogP contribution in [0.1, 0.15) is 26.7 Å². The lowest BCUT2D eigenvalue weighted by atomic mass is 10.3. The van der Waals surface area contributed by atoms with Crippen LogP contribution in [0.5, 0.6) is 0 Å². The lowest BCUT2D eigenvalue weighted by molar-refractivity contribution is 0.718. The van der Waals surface area contributed by atoms with E-state index in [9.17, 15) is 0 Å². The third-order valence-corrected chi connectivity index (χ3v) is 3.38. The van der Waals surface area contributed by atoms with Crippen molar-refractivity contribution >= 4 is 11.6 Å². The Balaban J connectivity index is 1.94. The zero-order valence-corrected chi connectivity index (χ0v) is 11.0. The largest absolute Gasteiger partial charge is 0.370 e. The van der Waals surface area contributed by atoms with Crippen LogP contribution in [-0.4, -0.2) is 30.1 Å². The molecule has 0 aromatic carbocycles. The molecule has 2 rings (SSSR count). The van der Waals surface area contributed by atoms with Crippen molar-refractivity contribution in [2.45, 2.75) is 26.7 Å². The normalized spacial score (nSPS) is 22.3. The van der Waals surface area contributed by atoms with Crippen LogP contribution in [0.4, 0.5) is 11.6 Å². The van der Waals surface area contributed by atoms with E-state index < -0.39 is 0 Å². The maximum absolute atomic E-state index is 4.33. The molecule has 1 aromatic rings. The smallest absolute Gasteiger partial charge is 0.133 e. The molecular formula is C13H22N4. The fraction of sp³-hybridized carbons (Fsp3) is 0.692. The molecule has 2 unspecified atom stereocenters. The van der Waals surface area contributed by atoms with Crippen LogP contribution in [0.3, 0.4) is 0 Å². The minimum atomic E-state index is 0.849. The van der Waals surface area contributed by atoms with E-state index in [1.807, 2.05) is 6.07 Å². The first-order valence-corrected chi connectivity index (χ1v) is 6.47. The summed E-state index contributed by atoms with van der Waals surface area (Å²) in [7, 11) is 2.11. The van der Waals surface area contributed by atoms with Crippen LogP contribution in [0.15, 0.2) is 12.4 Å². The third-order valence-electron chi connectivity index (χ3n) is 3.38. The molecule has 1 heterocycles. The molecule has 1 saturated carbocycles. The monoisotopic (exact) mass is 234 g/mol. The summed E-state index contributed by atoms with van der Waals surface area (Å²) in [6.07, 6.45) is 4.10. The molecule has 1 N–H and O–H groups in total. The molecule has 0 bridgehead atoms. The molecule has 94 valence electrons. The molecule has 0 saturated heterocycles. The topological polar surface area (TPSA) is 41.0 Å². The Hall–Kier alpha value is -1.32. The summed E-state index contributed by atoms with van der Waals surface area (Å²) in [5.41, 5.74) is 0. The van der Waals surface area contributed by atoms with E-state index in [1.165, 1.54) is 6.42 Å². The van der Waals surface area contributed by atoms with Crippen LogP contribution in [0, 0.1) is 11.8 Å². The van der Waals surface area contributed by atoms with Gasteiger partial charge in [-0.05, 0) is 24.7 Å². The first kappa shape index (κ1) is 12.1. The zero-order valence-electron chi connectivity index (χ0n) is 11.0. The molecular weight excluding hydrogens is 212 g/mol. The lowest BCUT2D eigenvalue weighted by Crippen LogP contribution is -2.22. The molecule has 1 aromatic heterocycles. The molecule has 0 spiro atoms. The van der Waals surface area contributed by atoms with Crippen LogP contribution >= 0.6 is 0 Å². The van der Waals surface area contributed by atoms with Crippen LogP contribution in [-0.2, 0) is 0 Å². The predicted molar refractivity (Wildman–Crippen MR) is 71.4 cm³/mol. The summed E-state index contributed by atoms with van der Waals surface area (Å²) < 4.78 is 0. The van der Waals surface area contributed by atoms with Crippen molar-refractivity contribution < 1.29 is 0 Å². The summed E-state index contributed by atoms with van der Waals surface area (Å²) >= 11 is 0. The second-order valence-corrected chi connectivity index (χ2v) is 5.04. The van der Waals surface area contributed by atoms with Gasteiger partial charge in [0.05, 0.1) is 0 Å². The highest BCUT2D eigenvalue weighted by atomic mass is 15.2. The van der Waals surface area contributed by atoms with Gasteiger partial charge < -0.3 is 10.2 Å². The maximum Gasteiger partial charge on any atom is 0.133 e. The third kappa shape index (κ3) is 3.32. The van der Waals surface area contributed by atoms with Gasteiger partial charge in [-0.25, -0.2) is 9.97 Å². The van der Waals surface area contributed by atoms with Gasteiger partial charge in [-0.1, -0.05) is 13.8 Å². The van der Waals surface area contributed by atoms with Gasteiger partial charge in [0, 0.05) is 26.2 Å². The van der Waals surface area contributed by atoms with E-state index in [0.717, 1.165) is 43.0 Å². The van der Waals surface area contributed by atoms with Gasteiger partial charge in [0.2, 0.25) is 0 Å². The Morgan fingerprint density at radius 1 is 1.47 bits per heavy atom. The fourth-order valence-electron chi connectivity index (χ4n) is 2.00. The highest BCUT2D eigenvalue weighted by molar-refractivity contribution is 5.48. The molecule has 17 heavy (non-hydrogen) atoms. The van der Waals surface area contributed by atoms with Gasteiger partial charge in [-0.3, -0.25) is 0 Å². The van der Waals surface area contributed by atoms with Crippen molar-refractivity contribution in [1.82, 2.24) is 9.97 Å². The minimum Gasteiger partial charge on any atom is -0.370 e. The molecule has 0 amide bonds. The van der Waals surface area contributed by atoms with Gasteiger partial charge in [0.1, 0.15) is 18.0 Å². The van der Waals surface area contributed by atoms with Crippen molar-refractivity contribution in [3.05, 3.63) is 12.4 Å². The first-order valence-electron chi connectivity index (χ1n) is 6.47. The Kier molecular flexibility index (Phi) is 3.82. The number of rotatable bonds is 6. The molecule has 0 radical (unpaired) electrons. The summed E-state index contributed by atoms with van der Waals surface area (Å²) in [5, 5.41) is 3.29. The van der Waals surface area contributed by atoms with E-state index in [-0.39, 0.29) is 0 Å². The van der Waals surface area contributed by atoms with E-state index in [0.29, 0.717) is 0 Å². The number of nitrogens with zero attached hydrogens (tertiary/aromatic N) is 3. The zero-order chi connectivity index (χ0) is 12.3. The summed E-state index contributed by atoms with van der Waals surface area (Å²) in [6, 6.07) is 2.03. The summed E-state index contributed by atoms with van der Waals surface area (Å²) in [6.45, 7) is 6.52. The van der Waals surface area contributed by atoms with Gasteiger partial charge in [0.25, 0.3) is 0 Å². The number of aromatic nitrogens is 2. The van der Waals surface area contributed by atoms with Crippen LogP contribution < -0.4 is 10.2 Å². The maximum atomic E-state index is 4.33. The first-order chi connectivity index (χ1) is 8.20. The van der Waals surface area contributed by atoms with Crippen molar-refractivity contribution in [2.75, 3.05) is 30.4 Å². The second-order valence-electron chi connectivity index (χ2n) is 5.04. The molecule has 1 aliphatic carbocycles. The van der Waals surface area contributed by atoms with E-state index in [2.05, 4.69) is 41.1 Å². The average molecular weight is 234 g/mol. The second kappa shape index (κ2) is 5.34. The SMILES string of the molecule is CCCNc1cc(N(C)CC2CC2C)ncn1. The number of nitrogens with one attached hydrogen (secondary N) is 1. The number of hydrogen-bond acceptors (Lipinski definition) is 4. The van der Waals surface area contributed by atoms with Gasteiger partial charge in [-0.2, -0.15) is 0 Å². The molecule has 1 aliphatic rings. The summed E-state index contributed by atoms with van der Waals surface area (Å²) in [4.78, 5) is 10.8. The number of anilines is 2. The van der Waals surface area contributed by atoms with Crippen molar-refractivity contribution in [1.29, 1.82) is 0 Å². The molecule has 2 atom stereocenters. The number of hydrogen-bond donors (Lipinski definition) is 1. The Labute approximate surface area is 103 Å². The predicted octanol–water partition coefficient (Wildman–Crippen LogP) is 2.39. The summed E-state index contributed by atoms with van der Waals surface area (Å²) in [5.74, 6) is 3.67. The lowest BCUT2D eigenvalue weighted by Gasteiger charge is -2.18. The molecule has 1 fully saturated rings. The van der Waals surface area contributed by atoms with Gasteiger partial charge >= 0.3 is 0 Å². The van der Waals surface area contributed by atoms with Gasteiger partial charge in [0.15, 0.2) is 0 Å². The Morgan fingerprint density at radius 2 is 2.24 bits per heavy atom. The van der Waals surface area contributed by atoms with Gasteiger partial charge in [-0.15, -0.1) is 0 Å². The van der Waals surface area contributed by atoms with Crippen molar-refractivity contribution in [3.8, 4) is 0 Å². The van der Waals surface area contributed by atoms with E-state index in [4.69, 9.17) is 0 Å². The molecule has 4 heteroatoms. The fourth-order valence-corrected chi connectivity index (χ4v) is 2.00. The Morgan fingerprint density at radius 3 is 2.88 bits per heavy atom. The van der Waals surface area contributed by atoms with E-state index >= 15 is 0 Å². The molecule has 4 nitrogen and oxygen atoms in total. The Bertz CT molecular complexity index is 366.